The molecular weight excluding hydrogens is 534 g/mol. The van der Waals surface area contributed by atoms with Gasteiger partial charge >= 0.3 is 5.97 Å². The van der Waals surface area contributed by atoms with Crippen LogP contribution < -0.4 is 4.74 Å². The number of hydrogen-bond acceptors (Lipinski definition) is 5. The third-order valence-corrected chi connectivity index (χ3v) is 8.05. The van der Waals surface area contributed by atoms with E-state index in [0.29, 0.717) is 43.7 Å². The standard InChI is InChI=1S/C34H35NO5S/c1-26(36)40-31-19-9-12-27(24-31)13-11-22-35(34(37)30-18-10-20-32(25-30)41(2,38)39)23-21-33(28-14-5-3-6-15-28)29-16-7-4-8-17-29/h3-10,12,14-20,24-25,33H,11,13,21-23H2,1-2H3. The average Bonchev–Trinajstić information content (AvgIpc) is 2.96. The Labute approximate surface area is 242 Å². The number of esters is 1. The predicted molar refractivity (Wildman–Crippen MR) is 161 cm³/mol. The van der Waals surface area contributed by atoms with Crippen molar-refractivity contribution >= 4 is 21.7 Å². The highest BCUT2D eigenvalue weighted by atomic mass is 32.2. The van der Waals surface area contributed by atoms with Crippen LogP contribution >= 0.6 is 0 Å². The summed E-state index contributed by atoms with van der Waals surface area (Å²) in [6.45, 7) is 2.34. The number of carbonyl (C=O) groups excluding carboxylic acids is 2. The lowest BCUT2D eigenvalue weighted by atomic mass is 9.88. The molecule has 0 radical (unpaired) electrons. The third kappa shape index (κ3) is 8.63. The molecule has 0 bridgehead atoms. The van der Waals surface area contributed by atoms with Gasteiger partial charge in [-0.1, -0.05) is 78.9 Å². The van der Waals surface area contributed by atoms with Crippen LogP contribution in [0.15, 0.2) is 114 Å². The molecule has 4 aromatic carbocycles. The van der Waals surface area contributed by atoms with Crippen molar-refractivity contribution in [3.05, 3.63) is 131 Å². The second kappa shape index (κ2) is 13.9. The monoisotopic (exact) mass is 569 g/mol. The summed E-state index contributed by atoms with van der Waals surface area (Å²) >= 11 is 0. The molecule has 41 heavy (non-hydrogen) atoms. The highest BCUT2D eigenvalue weighted by Crippen LogP contribution is 2.28. The SMILES string of the molecule is CC(=O)Oc1cccc(CCCN(CCC(c2ccccc2)c2ccccc2)C(=O)c2cccc(S(C)(=O)=O)c2)c1. The summed E-state index contributed by atoms with van der Waals surface area (Å²) in [6.07, 6.45) is 3.21. The maximum Gasteiger partial charge on any atom is 0.308 e. The summed E-state index contributed by atoms with van der Waals surface area (Å²) < 4.78 is 29.6. The fourth-order valence-corrected chi connectivity index (χ4v) is 5.61. The molecule has 6 nitrogen and oxygen atoms in total. The van der Waals surface area contributed by atoms with E-state index in [1.165, 1.54) is 30.2 Å². The van der Waals surface area contributed by atoms with Crippen LogP contribution in [-0.2, 0) is 21.1 Å². The minimum atomic E-state index is -3.45. The van der Waals surface area contributed by atoms with Gasteiger partial charge in [-0.25, -0.2) is 8.42 Å². The zero-order valence-electron chi connectivity index (χ0n) is 23.4. The summed E-state index contributed by atoms with van der Waals surface area (Å²) in [7, 11) is -3.45. The van der Waals surface area contributed by atoms with Crippen LogP contribution in [0.3, 0.4) is 0 Å². The van der Waals surface area contributed by atoms with Crippen molar-refractivity contribution in [1.29, 1.82) is 0 Å². The highest BCUT2D eigenvalue weighted by molar-refractivity contribution is 7.90. The largest absolute Gasteiger partial charge is 0.427 e. The summed E-state index contributed by atoms with van der Waals surface area (Å²) in [5.41, 5.74) is 3.70. The predicted octanol–water partition coefficient (Wildman–Crippen LogP) is 6.31. The van der Waals surface area contributed by atoms with Crippen LogP contribution in [-0.4, -0.2) is 44.5 Å². The molecule has 0 spiro atoms. The van der Waals surface area contributed by atoms with E-state index in [4.69, 9.17) is 4.74 Å². The number of benzene rings is 4. The van der Waals surface area contributed by atoms with E-state index in [1.54, 1.807) is 18.2 Å². The maximum absolute atomic E-state index is 13.8. The smallest absolute Gasteiger partial charge is 0.308 e. The molecule has 0 aromatic heterocycles. The van der Waals surface area contributed by atoms with Crippen LogP contribution in [0.1, 0.15) is 52.7 Å². The van der Waals surface area contributed by atoms with Gasteiger partial charge in [0, 0.05) is 37.8 Å². The Balaban J connectivity index is 1.56. The lowest BCUT2D eigenvalue weighted by molar-refractivity contribution is -0.131. The molecule has 7 heteroatoms. The van der Waals surface area contributed by atoms with Gasteiger partial charge in [-0.15, -0.1) is 0 Å². The molecule has 0 atom stereocenters. The molecule has 0 N–H and O–H groups in total. The van der Waals surface area contributed by atoms with E-state index in [1.807, 2.05) is 59.5 Å². The van der Waals surface area contributed by atoms with Gasteiger partial charge in [-0.05, 0) is 66.3 Å². The molecule has 4 rings (SSSR count). The minimum absolute atomic E-state index is 0.0930. The zero-order valence-corrected chi connectivity index (χ0v) is 24.2. The molecule has 0 aliphatic carbocycles. The molecule has 0 aliphatic heterocycles. The first-order chi connectivity index (χ1) is 19.7. The van der Waals surface area contributed by atoms with Crippen LogP contribution in [0.4, 0.5) is 0 Å². The quantitative estimate of drug-likeness (QED) is 0.148. The molecule has 0 aliphatic rings. The Bertz CT molecular complexity index is 1530. The fourth-order valence-electron chi connectivity index (χ4n) is 4.94. The van der Waals surface area contributed by atoms with Crippen molar-refractivity contribution in [3.63, 3.8) is 0 Å². The lowest BCUT2D eigenvalue weighted by Crippen LogP contribution is -2.34. The number of aryl methyl sites for hydroxylation is 1. The minimum Gasteiger partial charge on any atom is -0.427 e. The number of amides is 1. The van der Waals surface area contributed by atoms with Crippen molar-refractivity contribution in [2.24, 2.45) is 0 Å². The molecule has 0 fully saturated rings. The van der Waals surface area contributed by atoms with E-state index in [0.717, 1.165) is 11.8 Å². The molecular formula is C34H35NO5S. The van der Waals surface area contributed by atoms with E-state index < -0.39 is 9.84 Å². The van der Waals surface area contributed by atoms with Gasteiger partial charge in [0.2, 0.25) is 0 Å². The van der Waals surface area contributed by atoms with Gasteiger partial charge in [0.15, 0.2) is 9.84 Å². The Kier molecular flexibility index (Phi) is 10.1. The van der Waals surface area contributed by atoms with Crippen LogP contribution in [0, 0.1) is 0 Å². The summed E-state index contributed by atoms with van der Waals surface area (Å²) in [6, 6.07) is 34.1. The average molecular weight is 570 g/mol. The maximum atomic E-state index is 13.8. The Morgan fingerprint density at radius 3 is 2.02 bits per heavy atom. The van der Waals surface area contributed by atoms with Crippen LogP contribution in [0.2, 0.25) is 0 Å². The zero-order chi connectivity index (χ0) is 29.2. The van der Waals surface area contributed by atoms with Crippen molar-refractivity contribution < 1.29 is 22.7 Å². The van der Waals surface area contributed by atoms with Crippen LogP contribution in [0.25, 0.3) is 0 Å². The first kappa shape index (κ1) is 29.7. The lowest BCUT2D eigenvalue weighted by Gasteiger charge is -2.26. The van der Waals surface area contributed by atoms with Crippen molar-refractivity contribution in [2.75, 3.05) is 19.3 Å². The van der Waals surface area contributed by atoms with Gasteiger partial charge in [0.1, 0.15) is 5.75 Å². The van der Waals surface area contributed by atoms with Crippen molar-refractivity contribution in [3.8, 4) is 5.75 Å². The van der Waals surface area contributed by atoms with Gasteiger partial charge in [0.25, 0.3) is 5.91 Å². The molecule has 0 saturated carbocycles. The molecule has 0 unspecified atom stereocenters. The van der Waals surface area contributed by atoms with E-state index >= 15 is 0 Å². The normalized spacial score (nSPS) is 11.3. The molecule has 212 valence electrons. The van der Waals surface area contributed by atoms with Crippen LogP contribution in [0.5, 0.6) is 5.75 Å². The number of hydrogen-bond donors (Lipinski definition) is 0. The number of carbonyl (C=O) groups is 2. The van der Waals surface area contributed by atoms with Gasteiger partial charge < -0.3 is 9.64 Å². The number of sulfone groups is 1. The van der Waals surface area contributed by atoms with Crippen molar-refractivity contribution in [1.82, 2.24) is 4.90 Å². The Morgan fingerprint density at radius 2 is 1.41 bits per heavy atom. The summed E-state index contributed by atoms with van der Waals surface area (Å²) in [4.78, 5) is 27.1. The third-order valence-electron chi connectivity index (χ3n) is 6.94. The Morgan fingerprint density at radius 1 is 0.780 bits per heavy atom. The second-order valence-corrected chi connectivity index (χ2v) is 12.1. The molecule has 0 heterocycles. The number of rotatable bonds is 12. The Hall–Kier alpha value is -4.23. The second-order valence-electron chi connectivity index (χ2n) is 10.1. The molecule has 4 aromatic rings. The first-order valence-electron chi connectivity index (χ1n) is 13.7. The first-order valence-corrected chi connectivity index (χ1v) is 15.6. The van der Waals surface area contributed by atoms with Gasteiger partial charge in [-0.2, -0.15) is 0 Å². The molecule has 0 saturated heterocycles. The number of nitrogens with zero attached hydrogens (tertiary/aromatic N) is 1. The van der Waals surface area contributed by atoms with E-state index in [-0.39, 0.29) is 22.7 Å². The topological polar surface area (TPSA) is 80.8 Å². The van der Waals surface area contributed by atoms with Crippen molar-refractivity contribution in [2.45, 2.75) is 37.0 Å². The van der Waals surface area contributed by atoms with Gasteiger partial charge in [0.05, 0.1) is 4.90 Å². The van der Waals surface area contributed by atoms with E-state index in [2.05, 4.69) is 24.3 Å². The number of ether oxygens (including phenoxy) is 1. The molecule has 1 amide bonds. The summed E-state index contributed by atoms with van der Waals surface area (Å²) in [5, 5.41) is 0. The fraction of sp³-hybridized carbons (Fsp3) is 0.235. The highest BCUT2D eigenvalue weighted by Gasteiger charge is 2.21. The van der Waals surface area contributed by atoms with E-state index in [9.17, 15) is 18.0 Å². The van der Waals surface area contributed by atoms with Gasteiger partial charge in [-0.3, -0.25) is 9.59 Å². The summed E-state index contributed by atoms with van der Waals surface area (Å²) in [5.74, 6) is 0.00946.